The summed E-state index contributed by atoms with van der Waals surface area (Å²) in [5.74, 6) is -1.80. The van der Waals surface area contributed by atoms with Crippen molar-refractivity contribution in [2.45, 2.75) is 38.6 Å². The van der Waals surface area contributed by atoms with Crippen LogP contribution in [0.15, 0.2) is 24.3 Å². The van der Waals surface area contributed by atoms with Crippen LogP contribution in [0.3, 0.4) is 0 Å². The lowest BCUT2D eigenvalue weighted by Crippen LogP contribution is -2.42. The van der Waals surface area contributed by atoms with Crippen molar-refractivity contribution in [1.29, 1.82) is 0 Å². The molecule has 1 unspecified atom stereocenters. The Morgan fingerprint density at radius 2 is 1.76 bits per heavy atom. The Hall–Kier alpha value is -2.65. The highest BCUT2D eigenvalue weighted by molar-refractivity contribution is 5.94. The van der Waals surface area contributed by atoms with E-state index in [9.17, 15) is 19.5 Å². The molecule has 162 valence electrons. The predicted molar refractivity (Wildman–Crippen MR) is 109 cm³/mol. The summed E-state index contributed by atoms with van der Waals surface area (Å²) in [4.78, 5) is 35.1. The second-order valence-electron chi connectivity index (χ2n) is 6.50. The molecule has 0 heterocycles. The molecule has 0 aliphatic carbocycles. The van der Waals surface area contributed by atoms with Crippen LogP contribution in [0, 0.1) is 0 Å². The van der Waals surface area contributed by atoms with Gasteiger partial charge in [-0.2, -0.15) is 0 Å². The third-order valence-corrected chi connectivity index (χ3v) is 3.96. The van der Waals surface area contributed by atoms with E-state index < -0.39 is 17.9 Å². The maximum Gasteiger partial charge on any atom is 0.326 e. The molecule has 0 aliphatic heterocycles. The minimum absolute atomic E-state index is 0.211. The minimum atomic E-state index is -1.10. The number of hydrogen-bond acceptors (Lipinski definition) is 6. The molecule has 1 aromatic rings. The number of ether oxygens (including phenoxy) is 2. The van der Waals surface area contributed by atoms with Crippen LogP contribution in [0.5, 0.6) is 0 Å². The monoisotopic (exact) mass is 409 g/mol. The van der Waals surface area contributed by atoms with Gasteiger partial charge in [0.2, 0.25) is 5.91 Å². The van der Waals surface area contributed by atoms with Gasteiger partial charge < -0.3 is 30.9 Å². The van der Waals surface area contributed by atoms with Gasteiger partial charge in [0.15, 0.2) is 0 Å². The molecule has 1 rings (SSSR count). The molecule has 9 heteroatoms. The van der Waals surface area contributed by atoms with Crippen molar-refractivity contribution < 1.29 is 29.0 Å². The fourth-order valence-electron chi connectivity index (χ4n) is 2.43. The van der Waals surface area contributed by atoms with Gasteiger partial charge in [0.05, 0.1) is 13.2 Å². The molecule has 0 saturated heterocycles. The summed E-state index contributed by atoms with van der Waals surface area (Å²) >= 11 is 0. The van der Waals surface area contributed by atoms with E-state index in [-0.39, 0.29) is 25.5 Å². The van der Waals surface area contributed by atoms with Crippen molar-refractivity contribution in [2.24, 2.45) is 0 Å². The number of unbranched alkanes of at least 4 members (excludes halogenated alkanes) is 1. The average Bonchev–Trinajstić information content (AvgIpc) is 2.69. The number of aliphatic carboxylic acids is 1. The Kier molecular flexibility index (Phi) is 12.1. The van der Waals surface area contributed by atoms with Gasteiger partial charge in [-0.05, 0) is 49.9 Å². The van der Waals surface area contributed by atoms with Gasteiger partial charge in [0.1, 0.15) is 12.6 Å². The van der Waals surface area contributed by atoms with Crippen molar-refractivity contribution in [2.75, 3.05) is 38.7 Å². The van der Waals surface area contributed by atoms with Crippen molar-refractivity contribution in [1.82, 2.24) is 10.6 Å². The lowest BCUT2D eigenvalue weighted by atomic mass is 10.1. The van der Waals surface area contributed by atoms with Gasteiger partial charge in [-0.3, -0.25) is 9.59 Å². The lowest BCUT2D eigenvalue weighted by molar-refractivity contribution is -0.142. The van der Waals surface area contributed by atoms with Gasteiger partial charge in [-0.15, -0.1) is 0 Å². The summed E-state index contributed by atoms with van der Waals surface area (Å²) in [5.41, 5.74) is 6.67. The van der Waals surface area contributed by atoms with Crippen molar-refractivity contribution >= 4 is 23.5 Å². The minimum Gasteiger partial charge on any atom is -0.480 e. The molecule has 0 bridgehead atoms. The summed E-state index contributed by atoms with van der Waals surface area (Å²) in [6.45, 7) is 3.50. The zero-order valence-electron chi connectivity index (χ0n) is 16.8. The van der Waals surface area contributed by atoms with Gasteiger partial charge in [-0.1, -0.05) is 6.92 Å². The lowest BCUT2D eigenvalue weighted by Gasteiger charge is -2.14. The molecule has 5 N–H and O–H groups in total. The van der Waals surface area contributed by atoms with Crippen molar-refractivity contribution in [3.63, 3.8) is 0 Å². The Morgan fingerprint density at radius 3 is 2.41 bits per heavy atom. The van der Waals surface area contributed by atoms with Crippen molar-refractivity contribution in [3.05, 3.63) is 29.8 Å². The van der Waals surface area contributed by atoms with Crippen LogP contribution < -0.4 is 16.4 Å². The molecule has 0 radical (unpaired) electrons. The Balaban J connectivity index is 2.20. The largest absolute Gasteiger partial charge is 0.480 e. The van der Waals surface area contributed by atoms with Crippen LogP contribution in [0.4, 0.5) is 5.69 Å². The molecular formula is C20H31N3O6. The van der Waals surface area contributed by atoms with E-state index in [0.717, 1.165) is 6.42 Å². The number of anilines is 1. The van der Waals surface area contributed by atoms with Crippen LogP contribution >= 0.6 is 0 Å². The second kappa shape index (κ2) is 14.4. The quantitative estimate of drug-likeness (QED) is 0.252. The Bertz CT molecular complexity index is 636. The summed E-state index contributed by atoms with van der Waals surface area (Å²) in [6, 6.07) is 5.58. The topological polar surface area (TPSA) is 140 Å². The third kappa shape index (κ3) is 11.1. The molecular weight excluding hydrogens is 378 g/mol. The average molecular weight is 409 g/mol. The van der Waals surface area contributed by atoms with E-state index in [1.165, 1.54) is 0 Å². The Morgan fingerprint density at radius 1 is 1.07 bits per heavy atom. The smallest absolute Gasteiger partial charge is 0.326 e. The number of nitrogens with two attached hydrogens (primary N) is 1. The third-order valence-electron chi connectivity index (χ3n) is 3.96. The number of nitrogens with one attached hydrogen (secondary N) is 2. The number of amides is 2. The van der Waals surface area contributed by atoms with Crippen LogP contribution in [-0.2, 0) is 19.1 Å². The summed E-state index contributed by atoms with van der Waals surface area (Å²) in [7, 11) is 0. The maximum atomic E-state index is 12.0. The number of rotatable bonds is 15. The van der Waals surface area contributed by atoms with E-state index >= 15 is 0 Å². The summed E-state index contributed by atoms with van der Waals surface area (Å²) < 4.78 is 10.4. The Labute approximate surface area is 170 Å². The molecule has 0 saturated carbocycles. The highest BCUT2D eigenvalue weighted by Gasteiger charge is 2.19. The highest BCUT2D eigenvalue weighted by Crippen LogP contribution is 2.06. The first-order chi connectivity index (χ1) is 13.9. The van der Waals surface area contributed by atoms with Crippen LogP contribution in [0.2, 0.25) is 0 Å². The number of benzene rings is 1. The number of nitrogen functional groups attached to an aromatic ring is 1. The van der Waals surface area contributed by atoms with E-state index in [0.29, 0.717) is 43.9 Å². The zero-order chi connectivity index (χ0) is 21.5. The number of carboxylic acid groups (broad SMARTS) is 1. The predicted octanol–water partition coefficient (Wildman–Crippen LogP) is 1.18. The summed E-state index contributed by atoms with van der Waals surface area (Å²) in [6.07, 6.45) is 2.29. The van der Waals surface area contributed by atoms with E-state index in [2.05, 4.69) is 10.6 Å². The standard InChI is InChI=1S/C20H31N3O6/c1-2-11-28-12-13-29-14-18(24)23-17(20(26)27)5-3-4-10-22-19(25)15-6-8-16(21)9-7-15/h6-9,17H,2-5,10-14,21H2,1H3,(H,22,25)(H,23,24)(H,26,27). The number of hydrogen-bond donors (Lipinski definition) is 4. The molecule has 1 aromatic carbocycles. The molecule has 0 aliphatic rings. The van der Waals surface area contributed by atoms with Gasteiger partial charge >= 0.3 is 5.97 Å². The van der Waals surface area contributed by atoms with Gasteiger partial charge in [0, 0.05) is 24.4 Å². The van der Waals surface area contributed by atoms with Gasteiger partial charge in [-0.25, -0.2) is 4.79 Å². The highest BCUT2D eigenvalue weighted by atomic mass is 16.5. The number of carbonyl (C=O) groups is 3. The van der Waals surface area contributed by atoms with Gasteiger partial charge in [0.25, 0.3) is 5.91 Å². The molecule has 9 nitrogen and oxygen atoms in total. The number of carbonyl (C=O) groups excluding carboxylic acids is 2. The molecule has 2 amide bonds. The first kappa shape index (κ1) is 24.4. The van der Waals surface area contributed by atoms with E-state index in [1.54, 1.807) is 24.3 Å². The summed E-state index contributed by atoms with van der Waals surface area (Å²) in [5, 5.41) is 14.5. The number of carboxylic acids is 1. The van der Waals surface area contributed by atoms with E-state index in [1.807, 2.05) is 6.92 Å². The maximum absolute atomic E-state index is 12.0. The molecule has 0 aromatic heterocycles. The van der Waals surface area contributed by atoms with E-state index in [4.69, 9.17) is 15.2 Å². The van der Waals surface area contributed by atoms with Crippen LogP contribution in [-0.4, -0.2) is 61.9 Å². The zero-order valence-corrected chi connectivity index (χ0v) is 16.8. The molecule has 0 fully saturated rings. The first-order valence-corrected chi connectivity index (χ1v) is 9.75. The van der Waals surface area contributed by atoms with Crippen molar-refractivity contribution in [3.8, 4) is 0 Å². The fraction of sp³-hybridized carbons (Fsp3) is 0.550. The van der Waals surface area contributed by atoms with Crippen LogP contribution in [0.25, 0.3) is 0 Å². The second-order valence-corrected chi connectivity index (χ2v) is 6.50. The molecule has 1 atom stereocenters. The first-order valence-electron chi connectivity index (χ1n) is 9.75. The molecule has 0 spiro atoms. The SMILES string of the molecule is CCCOCCOCC(=O)NC(CCCCNC(=O)c1ccc(N)cc1)C(=O)O. The normalized spacial score (nSPS) is 11.6. The van der Waals surface area contributed by atoms with Crippen LogP contribution in [0.1, 0.15) is 43.0 Å². The fourth-order valence-corrected chi connectivity index (χ4v) is 2.43. The molecule has 29 heavy (non-hydrogen) atoms.